The lowest BCUT2D eigenvalue weighted by Crippen LogP contribution is -2.34. The topological polar surface area (TPSA) is 102 Å². The standard InChI is InChI=1S/C24H20N2O6/c1-11-19(23(29)31-3)20-21(25-11)15(27)8-18-24(20)9-13(24)10-26(18)22(28)17-7-12-6-14(30-2)4-5-16(12)32-17/h4-8,13,25H,9-10H2,1-3H3/t13-,24+/m1/s1. The first kappa shape index (κ1) is 18.9. The van der Waals surface area contributed by atoms with Gasteiger partial charge in [-0.2, -0.15) is 0 Å². The van der Waals surface area contributed by atoms with E-state index in [9.17, 15) is 14.4 Å². The highest BCUT2D eigenvalue weighted by atomic mass is 16.5. The number of likely N-dealkylation sites (tertiary alicyclic amines) is 1. The second-order valence-corrected chi connectivity index (χ2v) is 8.56. The number of amides is 1. The minimum atomic E-state index is -0.525. The van der Waals surface area contributed by atoms with Crippen LogP contribution in [0.5, 0.6) is 5.75 Å². The minimum Gasteiger partial charge on any atom is -0.497 e. The van der Waals surface area contributed by atoms with E-state index in [0.29, 0.717) is 46.1 Å². The van der Waals surface area contributed by atoms with Gasteiger partial charge in [0.15, 0.2) is 5.76 Å². The fraction of sp³-hybridized carbons (Fsp3) is 0.292. The number of carbonyl (C=O) groups is 3. The number of rotatable bonds is 3. The van der Waals surface area contributed by atoms with Gasteiger partial charge in [0.1, 0.15) is 11.3 Å². The molecule has 2 atom stereocenters. The predicted octanol–water partition coefficient (Wildman–Crippen LogP) is 3.36. The number of hydrogen-bond acceptors (Lipinski definition) is 6. The highest BCUT2D eigenvalue weighted by molar-refractivity contribution is 6.11. The SMILES string of the molecule is COC(=O)c1c(C)[nH]c2c1[C@@]13C[C@@H]1CN(C(=O)c1cc4cc(OC)ccc4o1)C3=CC2=O. The Morgan fingerprint density at radius 1 is 1.25 bits per heavy atom. The van der Waals surface area contributed by atoms with E-state index in [2.05, 4.69) is 4.98 Å². The van der Waals surface area contributed by atoms with Crippen molar-refractivity contribution in [2.24, 2.45) is 5.92 Å². The number of carbonyl (C=O) groups excluding carboxylic acids is 3. The van der Waals surface area contributed by atoms with Crippen LogP contribution < -0.4 is 4.74 Å². The van der Waals surface area contributed by atoms with Crippen molar-refractivity contribution in [3.63, 3.8) is 0 Å². The molecule has 1 saturated carbocycles. The first-order chi connectivity index (χ1) is 15.4. The number of H-pyrrole nitrogens is 1. The van der Waals surface area contributed by atoms with Gasteiger partial charge >= 0.3 is 5.97 Å². The maximum Gasteiger partial charge on any atom is 0.340 e. The van der Waals surface area contributed by atoms with Crippen LogP contribution >= 0.6 is 0 Å². The summed E-state index contributed by atoms with van der Waals surface area (Å²) in [7, 11) is 2.90. The fourth-order valence-corrected chi connectivity index (χ4v) is 5.45. The second kappa shape index (κ2) is 6.12. The van der Waals surface area contributed by atoms with E-state index in [1.807, 2.05) is 0 Å². The quantitative estimate of drug-likeness (QED) is 0.637. The number of allylic oxidation sites excluding steroid dienone is 2. The molecule has 2 aromatic heterocycles. The van der Waals surface area contributed by atoms with E-state index < -0.39 is 11.4 Å². The van der Waals surface area contributed by atoms with Crippen molar-refractivity contribution >= 4 is 28.6 Å². The van der Waals surface area contributed by atoms with Gasteiger partial charge in [-0.15, -0.1) is 0 Å². The van der Waals surface area contributed by atoms with Crippen LogP contribution in [0.3, 0.4) is 0 Å². The number of benzene rings is 1. The molecule has 0 unspecified atom stereocenters. The van der Waals surface area contributed by atoms with E-state index in [4.69, 9.17) is 13.9 Å². The normalized spacial score (nSPS) is 22.8. The van der Waals surface area contributed by atoms with Gasteiger partial charge in [-0.05, 0) is 43.5 Å². The number of aryl methyl sites for hydroxylation is 1. The number of hydrogen-bond donors (Lipinski definition) is 1. The monoisotopic (exact) mass is 432 g/mol. The van der Waals surface area contributed by atoms with E-state index in [1.54, 1.807) is 43.2 Å². The van der Waals surface area contributed by atoms with Gasteiger partial charge < -0.3 is 23.8 Å². The van der Waals surface area contributed by atoms with E-state index in [0.717, 1.165) is 11.8 Å². The van der Waals surface area contributed by atoms with Crippen molar-refractivity contribution in [3.8, 4) is 5.75 Å². The highest BCUT2D eigenvalue weighted by Gasteiger charge is 2.69. The van der Waals surface area contributed by atoms with Crippen LogP contribution in [-0.2, 0) is 10.2 Å². The summed E-state index contributed by atoms with van der Waals surface area (Å²) in [6.45, 7) is 2.22. The summed E-state index contributed by atoms with van der Waals surface area (Å²) in [6, 6.07) is 7.02. The molecule has 2 aliphatic carbocycles. The molecule has 2 fully saturated rings. The Morgan fingerprint density at radius 2 is 2.06 bits per heavy atom. The molecule has 8 heteroatoms. The zero-order valence-electron chi connectivity index (χ0n) is 17.8. The van der Waals surface area contributed by atoms with Crippen molar-refractivity contribution in [1.29, 1.82) is 0 Å². The van der Waals surface area contributed by atoms with Crippen molar-refractivity contribution in [2.75, 3.05) is 20.8 Å². The number of piperidine rings is 1. The number of ether oxygens (including phenoxy) is 2. The maximum atomic E-state index is 13.4. The molecule has 3 heterocycles. The molecule has 6 rings (SSSR count). The average molecular weight is 432 g/mol. The van der Waals surface area contributed by atoms with Crippen molar-refractivity contribution < 1.29 is 28.3 Å². The highest BCUT2D eigenvalue weighted by Crippen LogP contribution is 2.67. The van der Waals surface area contributed by atoms with Crippen molar-refractivity contribution in [2.45, 2.75) is 18.8 Å². The molecule has 32 heavy (non-hydrogen) atoms. The number of aromatic amines is 1. The number of fused-ring (bicyclic) bond motifs is 2. The number of nitrogens with one attached hydrogen (secondary N) is 1. The lowest BCUT2D eigenvalue weighted by Gasteiger charge is -2.27. The van der Waals surface area contributed by atoms with Crippen LogP contribution in [-0.4, -0.2) is 48.3 Å². The fourth-order valence-electron chi connectivity index (χ4n) is 5.45. The molecule has 3 aromatic rings. The number of methoxy groups -OCH3 is 2. The van der Waals surface area contributed by atoms with Crippen LogP contribution in [0.2, 0.25) is 0 Å². The maximum absolute atomic E-state index is 13.4. The van der Waals surface area contributed by atoms with Crippen LogP contribution in [0.15, 0.2) is 40.5 Å². The molecule has 0 radical (unpaired) electrons. The van der Waals surface area contributed by atoms with Crippen LogP contribution in [0.25, 0.3) is 11.0 Å². The Morgan fingerprint density at radius 3 is 2.81 bits per heavy atom. The van der Waals surface area contributed by atoms with E-state index in [-0.39, 0.29) is 23.4 Å². The van der Waals surface area contributed by atoms with E-state index >= 15 is 0 Å². The van der Waals surface area contributed by atoms with Crippen LogP contribution in [0.4, 0.5) is 0 Å². The molecule has 1 spiro atoms. The van der Waals surface area contributed by atoms with Gasteiger partial charge in [0, 0.05) is 40.4 Å². The number of aromatic nitrogens is 1. The Balaban J connectivity index is 1.42. The number of furan rings is 1. The first-order valence-electron chi connectivity index (χ1n) is 10.4. The molecule has 0 bridgehead atoms. The molecule has 1 aromatic carbocycles. The van der Waals surface area contributed by atoms with Crippen molar-refractivity contribution in [3.05, 3.63) is 64.3 Å². The molecule has 1 N–H and O–H groups in total. The summed E-state index contributed by atoms with van der Waals surface area (Å²) in [5, 5.41) is 0.761. The zero-order valence-corrected chi connectivity index (χ0v) is 17.8. The Labute approximate surface area is 182 Å². The lowest BCUT2D eigenvalue weighted by atomic mass is 9.82. The number of nitrogens with zero attached hydrogens (tertiary/aromatic N) is 1. The third kappa shape index (κ3) is 2.24. The van der Waals surface area contributed by atoms with Gasteiger partial charge in [-0.3, -0.25) is 9.59 Å². The second-order valence-electron chi connectivity index (χ2n) is 8.56. The minimum absolute atomic E-state index is 0.132. The van der Waals surface area contributed by atoms with Crippen LogP contribution in [0, 0.1) is 12.8 Å². The average Bonchev–Trinajstić information content (AvgIpc) is 3.07. The smallest absolute Gasteiger partial charge is 0.340 e. The molecule has 1 saturated heterocycles. The lowest BCUT2D eigenvalue weighted by molar-refractivity contribution is 0.0598. The first-order valence-corrected chi connectivity index (χ1v) is 10.4. The van der Waals surface area contributed by atoms with Gasteiger partial charge in [0.05, 0.1) is 25.5 Å². The molecule has 162 valence electrons. The van der Waals surface area contributed by atoms with Crippen LogP contribution in [0.1, 0.15) is 49.1 Å². The summed E-state index contributed by atoms with van der Waals surface area (Å²) in [6.07, 6.45) is 2.30. The van der Waals surface area contributed by atoms with E-state index in [1.165, 1.54) is 13.2 Å². The van der Waals surface area contributed by atoms with Gasteiger partial charge in [0.2, 0.25) is 5.78 Å². The Hall–Kier alpha value is -3.81. The third-order valence-corrected chi connectivity index (χ3v) is 6.97. The number of esters is 1. The summed E-state index contributed by atoms with van der Waals surface area (Å²) in [4.78, 5) is 43.6. The Kier molecular flexibility index (Phi) is 3.62. The predicted molar refractivity (Wildman–Crippen MR) is 113 cm³/mol. The summed E-state index contributed by atoms with van der Waals surface area (Å²) < 4.78 is 16.0. The molecular weight excluding hydrogens is 412 g/mol. The molecule has 8 nitrogen and oxygen atoms in total. The zero-order chi connectivity index (χ0) is 22.4. The summed E-state index contributed by atoms with van der Waals surface area (Å²) in [5.74, 6) is -0.0374. The van der Waals surface area contributed by atoms with Gasteiger partial charge in [0.25, 0.3) is 5.91 Å². The molecular formula is C24H20N2O6. The summed E-state index contributed by atoms with van der Waals surface area (Å²) in [5.41, 5.74) is 2.77. The molecule has 1 aliphatic heterocycles. The molecule has 3 aliphatic rings. The number of ketones is 1. The summed E-state index contributed by atoms with van der Waals surface area (Å²) >= 11 is 0. The third-order valence-electron chi connectivity index (χ3n) is 6.97. The largest absolute Gasteiger partial charge is 0.497 e. The van der Waals surface area contributed by atoms with Gasteiger partial charge in [-0.1, -0.05) is 0 Å². The molecule has 1 amide bonds. The van der Waals surface area contributed by atoms with Gasteiger partial charge in [-0.25, -0.2) is 4.79 Å². The van der Waals surface area contributed by atoms with Crippen molar-refractivity contribution in [1.82, 2.24) is 9.88 Å². The Bertz CT molecular complexity index is 1390.